The molecule has 1 aliphatic carbocycles. The van der Waals surface area contributed by atoms with Crippen LogP contribution in [0.25, 0.3) is 0 Å². The van der Waals surface area contributed by atoms with Gasteiger partial charge in [0.15, 0.2) is 5.96 Å². The molecule has 2 rings (SSSR count). The van der Waals surface area contributed by atoms with E-state index in [2.05, 4.69) is 10.3 Å². The molecule has 1 saturated carbocycles. The molecular weight excluding hydrogens is 314 g/mol. The van der Waals surface area contributed by atoms with Gasteiger partial charge < -0.3 is 20.1 Å². The van der Waals surface area contributed by atoms with Crippen LogP contribution in [0, 0.1) is 0 Å². The number of hydrogen-bond donors (Lipinski definition) is 2. The van der Waals surface area contributed by atoms with Gasteiger partial charge >= 0.3 is 0 Å². The standard InChI is InChI=1S/C17H26ClN3O2/c1-3-19-16(20-13-17(22)8-5-9-17)21(2)10-11-23-15-7-4-6-14(18)12-15/h4,6-7,12,22H,3,5,8-11,13H2,1-2H3,(H,19,20). The van der Waals surface area contributed by atoms with Crippen molar-refractivity contribution in [3.63, 3.8) is 0 Å². The third kappa shape index (κ3) is 5.59. The fourth-order valence-electron chi connectivity index (χ4n) is 2.40. The zero-order valence-electron chi connectivity index (χ0n) is 13.9. The van der Waals surface area contributed by atoms with Gasteiger partial charge in [0.25, 0.3) is 0 Å². The normalized spacial score (nSPS) is 16.6. The van der Waals surface area contributed by atoms with Crippen molar-refractivity contribution in [3.05, 3.63) is 29.3 Å². The molecule has 0 unspecified atom stereocenters. The van der Waals surface area contributed by atoms with Crippen LogP contribution in [-0.4, -0.2) is 54.9 Å². The fraction of sp³-hybridized carbons (Fsp3) is 0.588. The number of rotatable bonds is 7. The largest absolute Gasteiger partial charge is 0.492 e. The summed E-state index contributed by atoms with van der Waals surface area (Å²) < 4.78 is 5.71. The zero-order valence-corrected chi connectivity index (χ0v) is 14.6. The van der Waals surface area contributed by atoms with E-state index in [-0.39, 0.29) is 0 Å². The Kier molecular flexibility index (Phi) is 6.54. The number of aliphatic hydroxyl groups is 1. The molecule has 0 aliphatic heterocycles. The Hall–Kier alpha value is -1.46. The number of benzene rings is 1. The van der Waals surface area contributed by atoms with Crippen molar-refractivity contribution in [2.75, 3.05) is 33.3 Å². The molecular formula is C17H26ClN3O2. The average Bonchev–Trinajstić information content (AvgIpc) is 2.49. The minimum Gasteiger partial charge on any atom is -0.492 e. The fourth-order valence-corrected chi connectivity index (χ4v) is 2.58. The number of likely N-dealkylation sites (N-methyl/N-ethyl adjacent to an activating group) is 1. The second-order valence-electron chi connectivity index (χ2n) is 5.98. The molecule has 0 radical (unpaired) electrons. The summed E-state index contributed by atoms with van der Waals surface area (Å²) in [4.78, 5) is 6.56. The van der Waals surface area contributed by atoms with Gasteiger partial charge in [-0.1, -0.05) is 17.7 Å². The number of aliphatic imine (C=N–C) groups is 1. The van der Waals surface area contributed by atoms with E-state index in [0.29, 0.717) is 24.7 Å². The minimum atomic E-state index is -0.598. The van der Waals surface area contributed by atoms with Gasteiger partial charge in [0.2, 0.25) is 0 Å². The summed E-state index contributed by atoms with van der Waals surface area (Å²) in [6.07, 6.45) is 2.78. The molecule has 0 saturated heterocycles. The predicted molar refractivity (Wildman–Crippen MR) is 94.4 cm³/mol. The molecule has 0 aromatic heterocycles. The van der Waals surface area contributed by atoms with E-state index in [1.54, 1.807) is 6.07 Å². The van der Waals surface area contributed by atoms with Gasteiger partial charge in [0.05, 0.1) is 18.7 Å². The SMILES string of the molecule is CCNC(=NCC1(O)CCC1)N(C)CCOc1cccc(Cl)c1. The number of nitrogens with one attached hydrogen (secondary N) is 1. The first-order valence-corrected chi connectivity index (χ1v) is 8.50. The van der Waals surface area contributed by atoms with Crippen molar-refractivity contribution in [2.24, 2.45) is 4.99 Å². The van der Waals surface area contributed by atoms with Gasteiger partial charge in [-0.15, -0.1) is 0 Å². The maximum atomic E-state index is 10.2. The molecule has 2 N–H and O–H groups in total. The molecule has 1 aliphatic rings. The van der Waals surface area contributed by atoms with Gasteiger partial charge in [-0.2, -0.15) is 0 Å². The minimum absolute atomic E-state index is 0.453. The molecule has 5 nitrogen and oxygen atoms in total. The molecule has 0 heterocycles. The van der Waals surface area contributed by atoms with Gasteiger partial charge in [-0.05, 0) is 44.4 Å². The monoisotopic (exact) mass is 339 g/mol. The van der Waals surface area contributed by atoms with Crippen LogP contribution in [0.3, 0.4) is 0 Å². The van der Waals surface area contributed by atoms with Crippen LogP contribution in [0.4, 0.5) is 0 Å². The van der Waals surface area contributed by atoms with Crippen molar-refractivity contribution in [3.8, 4) is 5.75 Å². The quantitative estimate of drug-likeness (QED) is 0.592. The summed E-state index contributed by atoms with van der Waals surface area (Å²) >= 11 is 5.94. The van der Waals surface area contributed by atoms with Crippen molar-refractivity contribution in [1.82, 2.24) is 10.2 Å². The van der Waals surface area contributed by atoms with E-state index in [1.807, 2.05) is 37.1 Å². The van der Waals surface area contributed by atoms with E-state index in [0.717, 1.165) is 37.5 Å². The Labute approximate surface area is 143 Å². The Bertz CT molecular complexity index is 532. The van der Waals surface area contributed by atoms with E-state index < -0.39 is 5.60 Å². The Morgan fingerprint density at radius 3 is 2.87 bits per heavy atom. The van der Waals surface area contributed by atoms with Crippen LogP contribution in [0.15, 0.2) is 29.3 Å². The van der Waals surface area contributed by atoms with Crippen LogP contribution in [0.1, 0.15) is 26.2 Å². The number of guanidine groups is 1. The summed E-state index contributed by atoms with van der Waals surface area (Å²) in [7, 11) is 1.97. The van der Waals surface area contributed by atoms with Gasteiger partial charge in [-0.25, -0.2) is 0 Å². The summed E-state index contributed by atoms with van der Waals surface area (Å²) in [5.74, 6) is 1.55. The van der Waals surface area contributed by atoms with E-state index in [4.69, 9.17) is 16.3 Å². The van der Waals surface area contributed by atoms with E-state index in [1.165, 1.54) is 0 Å². The van der Waals surface area contributed by atoms with Crippen molar-refractivity contribution in [1.29, 1.82) is 0 Å². The maximum Gasteiger partial charge on any atom is 0.193 e. The van der Waals surface area contributed by atoms with Crippen LogP contribution >= 0.6 is 11.6 Å². The lowest BCUT2D eigenvalue weighted by Gasteiger charge is -2.35. The van der Waals surface area contributed by atoms with Gasteiger partial charge in [-0.3, -0.25) is 4.99 Å². The lowest BCUT2D eigenvalue weighted by atomic mass is 9.80. The molecule has 1 aromatic carbocycles. The first kappa shape index (κ1) is 17.9. The molecule has 0 spiro atoms. The second kappa shape index (κ2) is 8.41. The van der Waals surface area contributed by atoms with Crippen LogP contribution in [0.5, 0.6) is 5.75 Å². The highest BCUT2D eigenvalue weighted by molar-refractivity contribution is 6.30. The molecule has 0 bridgehead atoms. The smallest absolute Gasteiger partial charge is 0.193 e. The first-order chi connectivity index (χ1) is 11.0. The average molecular weight is 340 g/mol. The first-order valence-electron chi connectivity index (χ1n) is 8.12. The molecule has 6 heteroatoms. The van der Waals surface area contributed by atoms with Crippen LogP contribution in [0.2, 0.25) is 5.02 Å². The lowest BCUT2D eigenvalue weighted by molar-refractivity contribution is -0.0237. The zero-order chi connectivity index (χ0) is 16.7. The molecule has 23 heavy (non-hydrogen) atoms. The number of nitrogens with zero attached hydrogens (tertiary/aromatic N) is 2. The Balaban J connectivity index is 1.82. The predicted octanol–water partition coefficient (Wildman–Crippen LogP) is 2.53. The number of halogens is 1. The highest BCUT2D eigenvalue weighted by atomic mass is 35.5. The molecule has 1 fully saturated rings. The Morgan fingerprint density at radius 2 is 2.26 bits per heavy atom. The molecule has 0 atom stereocenters. The molecule has 0 amide bonds. The summed E-state index contributed by atoms with van der Waals surface area (Å²) in [6.45, 7) is 4.50. The summed E-state index contributed by atoms with van der Waals surface area (Å²) in [5, 5.41) is 14.1. The highest BCUT2D eigenvalue weighted by Crippen LogP contribution is 2.31. The van der Waals surface area contributed by atoms with Crippen molar-refractivity contribution in [2.45, 2.75) is 31.8 Å². The van der Waals surface area contributed by atoms with Crippen molar-refractivity contribution >= 4 is 17.6 Å². The molecule has 1 aromatic rings. The second-order valence-corrected chi connectivity index (χ2v) is 6.41. The van der Waals surface area contributed by atoms with Gasteiger partial charge in [0, 0.05) is 18.6 Å². The van der Waals surface area contributed by atoms with E-state index in [9.17, 15) is 5.11 Å². The number of hydrogen-bond acceptors (Lipinski definition) is 3. The van der Waals surface area contributed by atoms with Gasteiger partial charge in [0.1, 0.15) is 12.4 Å². The highest BCUT2D eigenvalue weighted by Gasteiger charge is 2.34. The van der Waals surface area contributed by atoms with Crippen molar-refractivity contribution < 1.29 is 9.84 Å². The summed E-state index contributed by atoms with van der Waals surface area (Å²) in [6, 6.07) is 7.37. The summed E-state index contributed by atoms with van der Waals surface area (Å²) in [5.41, 5.74) is -0.598. The third-order valence-corrected chi connectivity index (χ3v) is 4.23. The maximum absolute atomic E-state index is 10.2. The third-order valence-electron chi connectivity index (χ3n) is 4.00. The lowest BCUT2D eigenvalue weighted by Crippen LogP contribution is -2.44. The molecule has 128 valence electrons. The van der Waals surface area contributed by atoms with Crippen LogP contribution < -0.4 is 10.1 Å². The van der Waals surface area contributed by atoms with E-state index >= 15 is 0 Å². The van der Waals surface area contributed by atoms with Crippen LogP contribution in [-0.2, 0) is 0 Å². The Morgan fingerprint density at radius 1 is 1.48 bits per heavy atom. The number of ether oxygens (including phenoxy) is 1. The topological polar surface area (TPSA) is 57.1 Å².